The van der Waals surface area contributed by atoms with Gasteiger partial charge in [-0.25, -0.2) is 0 Å². The highest BCUT2D eigenvalue weighted by Crippen LogP contribution is 2.12. The molecule has 7 heteroatoms. The monoisotopic (exact) mass is 226 g/mol. The van der Waals surface area contributed by atoms with Gasteiger partial charge in [-0.2, -0.15) is 5.10 Å². The fourth-order valence-corrected chi connectivity index (χ4v) is 1.14. The third-order valence-corrected chi connectivity index (χ3v) is 1.92. The van der Waals surface area contributed by atoms with E-state index in [1.165, 1.54) is 18.8 Å². The van der Waals surface area contributed by atoms with Crippen molar-refractivity contribution in [3.8, 4) is 0 Å². The van der Waals surface area contributed by atoms with Crippen LogP contribution in [0, 0.1) is 0 Å². The fraction of sp³-hybridized carbons (Fsp3) is 0.444. The second-order valence-electron chi connectivity index (χ2n) is 3.07. The minimum Gasteiger partial charge on any atom is -0.468 e. The summed E-state index contributed by atoms with van der Waals surface area (Å²) in [5, 5.41) is 9.22. The lowest BCUT2D eigenvalue weighted by Gasteiger charge is -2.03. The Morgan fingerprint density at radius 1 is 1.56 bits per heavy atom. The molecule has 0 atom stereocenters. The molecule has 0 bridgehead atoms. The third kappa shape index (κ3) is 2.72. The van der Waals surface area contributed by atoms with E-state index in [-0.39, 0.29) is 18.1 Å². The summed E-state index contributed by atoms with van der Waals surface area (Å²) in [5.74, 6) is -0.723. The first-order valence-corrected chi connectivity index (χ1v) is 4.65. The number of carbonyl (C=O) groups excluding carboxylic acids is 2. The smallest absolute Gasteiger partial charge is 0.325 e. The van der Waals surface area contributed by atoms with E-state index in [0.717, 1.165) is 0 Å². The predicted octanol–water partition coefficient (Wildman–Crippen LogP) is -0.635. The zero-order valence-electron chi connectivity index (χ0n) is 9.40. The van der Waals surface area contributed by atoms with Gasteiger partial charge in [0.05, 0.1) is 12.8 Å². The number of nitrogens with one attached hydrogen (secondary N) is 2. The Morgan fingerprint density at radius 3 is 2.81 bits per heavy atom. The summed E-state index contributed by atoms with van der Waals surface area (Å²) in [6, 6.07) is 0. The molecule has 0 radical (unpaired) electrons. The third-order valence-electron chi connectivity index (χ3n) is 1.92. The largest absolute Gasteiger partial charge is 0.468 e. The summed E-state index contributed by atoms with van der Waals surface area (Å²) < 4.78 is 5.97. The molecule has 88 valence electrons. The van der Waals surface area contributed by atoms with Gasteiger partial charge in [-0.3, -0.25) is 14.3 Å². The average molecular weight is 226 g/mol. The van der Waals surface area contributed by atoms with Crippen LogP contribution in [0.3, 0.4) is 0 Å². The number of hydrogen-bond donors (Lipinski definition) is 2. The first kappa shape index (κ1) is 12.0. The molecular formula is C9H14N4O3. The van der Waals surface area contributed by atoms with Crippen LogP contribution in [-0.4, -0.2) is 42.4 Å². The highest BCUT2D eigenvalue weighted by Gasteiger charge is 2.15. The second kappa shape index (κ2) is 5.15. The number of hydrogen-bond acceptors (Lipinski definition) is 5. The van der Waals surface area contributed by atoms with Crippen molar-refractivity contribution >= 4 is 17.6 Å². The normalized spacial score (nSPS) is 9.69. The number of anilines is 1. The van der Waals surface area contributed by atoms with Crippen LogP contribution in [0.2, 0.25) is 0 Å². The van der Waals surface area contributed by atoms with Gasteiger partial charge in [0.1, 0.15) is 6.54 Å². The number of rotatable bonds is 4. The summed E-state index contributed by atoms with van der Waals surface area (Å²) in [6.07, 6.45) is 1.62. The van der Waals surface area contributed by atoms with E-state index in [1.54, 1.807) is 13.2 Å². The van der Waals surface area contributed by atoms with Crippen molar-refractivity contribution in [1.29, 1.82) is 0 Å². The van der Waals surface area contributed by atoms with Crippen LogP contribution in [0.25, 0.3) is 0 Å². The summed E-state index contributed by atoms with van der Waals surface area (Å²) >= 11 is 0. The van der Waals surface area contributed by atoms with Crippen molar-refractivity contribution in [2.75, 3.05) is 26.0 Å². The van der Waals surface area contributed by atoms with Gasteiger partial charge in [0.25, 0.3) is 5.91 Å². The number of amides is 1. The number of aromatic nitrogens is 2. The number of methoxy groups -OCH3 is 1. The van der Waals surface area contributed by atoms with Crippen LogP contribution in [0.5, 0.6) is 0 Å². The van der Waals surface area contributed by atoms with Crippen molar-refractivity contribution < 1.29 is 14.3 Å². The number of carbonyl (C=O) groups is 2. The highest BCUT2D eigenvalue weighted by atomic mass is 16.5. The van der Waals surface area contributed by atoms with Gasteiger partial charge in [0.2, 0.25) is 0 Å². The van der Waals surface area contributed by atoms with Gasteiger partial charge < -0.3 is 15.4 Å². The second-order valence-corrected chi connectivity index (χ2v) is 3.07. The maximum Gasteiger partial charge on any atom is 0.325 e. The molecule has 1 heterocycles. The van der Waals surface area contributed by atoms with E-state index in [2.05, 4.69) is 20.5 Å². The SMILES string of the molecule is CNC(=O)c1nn(C)cc1NCC(=O)OC. The van der Waals surface area contributed by atoms with Gasteiger partial charge in [-0.1, -0.05) is 0 Å². The Hall–Kier alpha value is -2.05. The van der Waals surface area contributed by atoms with Crippen LogP contribution in [0.1, 0.15) is 10.5 Å². The lowest BCUT2D eigenvalue weighted by molar-refractivity contribution is -0.138. The quantitative estimate of drug-likeness (QED) is 0.667. The first-order valence-electron chi connectivity index (χ1n) is 4.65. The van der Waals surface area contributed by atoms with Gasteiger partial charge >= 0.3 is 5.97 Å². The van der Waals surface area contributed by atoms with Gasteiger partial charge in [-0.05, 0) is 0 Å². The molecule has 2 N–H and O–H groups in total. The lowest BCUT2D eigenvalue weighted by atomic mass is 10.3. The van der Waals surface area contributed by atoms with Crippen molar-refractivity contribution in [2.45, 2.75) is 0 Å². The molecule has 1 rings (SSSR count). The lowest BCUT2D eigenvalue weighted by Crippen LogP contribution is -2.21. The molecule has 1 amide bonds. The molecule has 0 saturated heterocycles. The summed E-state index contributed by atoms with van der Waals surface area (Å²) in [4.78, 5) is 22.3. The first-order chi connectivity index (χ1) is 7.58. The molecule has 16 heavy (non-hydrogen) atoms. The Morgan fingerprint density at radius 2 is 2.25 bits per heavy atom. The van der Waals surface area contributed by atoms with Crippen molar-refractivity contribution in [3.63, 3.8) is 0 Å². The van der Waals surface area contributed by atoms with Gasteiger partial charge in [0, 0.05) is 20.3 Å². The summed E-state index contributed by atoms with van der Waals surface area (Å²) in [5.41, 5.74) is 0.737. The van der Waals surface area contributed by atoms with E-state index in [0.29, 0.717) is 5.69 Å². The Balaban J connectivity index is 2.78. The molecule has 0 aliphatic heterocycles. The fourth-order valence-electron chi connectivity index (χ4n) is 1.14. The van der Waals surface area contributed by atoms with Crippen LogP contribution in [0.4, 0.5) is 5.69 Å². The average Bonchev–Trinajstić information content (AvgIpc) is 2.66. The topological polar surface area (TPSA) is 85.3 Å². The summed E-state index contributed by atoms with van der Waals surface area (Å²) in [7, 11) is 4.50. The van der Waals surface area contributed by atoms with Crippen molar-refractivity contribution in [1.82, 2.24) is 15.1 Å². The van der Waals surface area contributed by atoms with Crippen molar-refractivity contribution in [2.24, 2.45) is 7.05 Å². The molecule has 7 nitrogen and oxygen atoms in total. The molecule has 1 aromatic rings. The molecular weight excluding hydrogens is 212 g/mol. The highest BCUT2D eigenvalue weighted by molar-refractivity contribution is 5.97. The van der Waals surface area contributed by atoms with Crippen LogP contribution >= 0.6 is 0 Å². The number of aryl methyl sites for hydroxylation is 1. The molecule has 1 aromatic heterocycles. The van der Waals surface area contributed by atoms with Crippen LogP contribution in [0.15, 0.2) is 6.20 Å². The van der Waals surface area contributed by atoms with E-state index in [1.807, 2.05) is 0 Å². The molecule has 0 aromatic carbocycles. The Kier molecular flexibility index (Phi) is 3.87. The molecule has 0 unspecified atom stereocenters. The zero-order valence-corrected chi connectivity index (χ0v) is 9.40. The van der Waals surface area contributed by atoms with Crippen LogP contribution < -0.4 is 10.6 Å². The maximum atomic E-state index is 11.4. The van der Waals surface area contributed by atoms with Gasteiger partial charge in [-0.15, -0.1) is 0 Å². The zero-order chi connectivity index (χ0) is 12.1. The maximum absolute atomic E-state index is 11.4. The Labute approximate surface area is 92.8 Å². The molecule has 0 saturated carbocycles. The van der Waals surface area contributed by atoms with E-state index >= 15 is 0 Å². The van der Waals surface area contributed by atoms with Gasteiger partial charge in [0.15, 0.2) is 5.69 Å². The summed E-state index contributed by atoms with van der Waals surface area (Å²) in [6.45, 7) is -0.00775. The predicted molar refractivity (Wildman–Crippen MR) is 57.1 cm³/mol. The number of ether oxygens (including phenoxy) is 1. The minimum absolute atomic E-state index is 0.00775. The number of nitrogens with zero attached hydrogens (tertiary/aromatic N) is 2. The van der Waals surface area contributed by atoms with E-state index < -0.39 is 5.97 Å². The molecule has 0 fully saturated rings. The van der Waals surface area contributed by atoms with E-state index in [4.69, 9.17) is 0 Å². The van der Waals surface area contributed by atoms with Crippen molar-refractivity contribution in [3.05, 3.63) is 11.9 Å². The molecule has 0 spiro atoms. The van der Waals surface area contributed by atoms with Crippen LogP contribution in [-0.2, 0) is 16.6 Å². The molecule has 0 aliphatic carbocycles. The van der Waals surface area contributed by atoms with E-state index in [9.17, 15) is 9.59 Å². The number of esters is 1. The standard InChI is InChI=1S/C9H14N4O3/c1-10-9(15)8-6(5-13(2)12-8)11-4-7(14)16-3/h5,11H,4H2,1-3H3,(H,10,15). The Bertz CT molecular complexity index is 399. The molecule has 0 aliphatic rings. The minimum atomic E-state index is -0.410.